The van der Waals surface area contributed by atoms with Gasteiger partial charge in [-0.25, -0.2) is 9.18 Å². The lowest BCUT2D eigenvalue weighted by Gasteiger charge is -2.60. The van der Waals surface area contributed by atoms with Crippen LogP contribution in [0.1, 0.15) is 39.5 Å². The number of hydrogen-bond donors (Lipinski definition) is 1. The topological polar surface area (TPSA) is 133 Å². The molecule has 0 bridgehead atoms. The molecule has 194 valence electrons. The Labute approximate surface area is 203 Å². The minimum Gasteiger partial charge on any atom is -0.438 e. The Hall–Kier alpha value is -2.11. The first kappa shape index (κ1) is 26.0. The SMILES string of the molecule is COC(=O)O[C@]1(C(=O)COS(C)(=O)=O)CC[C@H]2[C@@H]3C[C@H](F)C4=CC(=O)C=C[C@]4(C)[C@H]3C(O)C[C@@]21C. The van der Waals surface area contributed by atoms with Crippen molar-refractivity contribution in [2.45, 2.75) is 57.4 Å². The fourth-order valence-corrected chi connectivity index (χ4v) is 7.79. The maximum Gasteiger partial charge on any atom is 0.509 e. The Morgan fingerprint density at radius 1 is 1.29 bits per heavy atom. The van der Waals surface area contributed by atoms with Crippen LogP contribution < -0.4 is 0 Å². The van der Waals surface area contributed by atoms with E-state index in [1.54, 1.807) is 13.0 Å². The second-order valence-electron chi connectivity index (χ2n) is 10.6. The van der Waals surface area contributed by atoms with Crippen LogP contribution in [0.3, 0.4) is 0 Å². The summed E-state index contributed by atoms with van der Waals surface area (Å²) in [4.78, 5) is 37.7. The van der Waals surface area contributed by atoms with E-state index in [0.717, 1.165) is 13.4 Å². The predicted molar refractivity (Wildman–Crippen MR) is 120 cm³/mol. The molecule has 0 saturated heterocycles. The van der Waals surface area contributed by atoms with Gasteiger partial charge in [0.25, 0.3) is 10.1 Å². The average Bonchev–Trinajstić information content (AvgIpc) is 3.05. The number of carbonyl (C=O) groups excluding carboxylic acids is 3. The first-order valence-electron chi connectivity index (χ1n) is 11.6. The highest BCUT2D eigenvalue weighted by Gasteiger charge is 2.71. The van der Waals surface area contributed by atoms with Crippen LogP contribution in [0, 0.1) is 28.6 Å². The van der Waals surface area contributed by atoms with Gasteiger partial charge in [0.1, 0.15) is 12.8 Å². The van der Waals surface area contributed by atoms with Crippen LogP contribution in [-0.2, 0) is 33.4 Å². The van der Waals surface area contributed by atoms with E-state index in [-0.39, 0.29) is 36.9 Å². The third-order valence-electron chi connectivity index (χ3n) is 8.88. The fourth-order valence-electron chi connectivity index (χ4n) is 7.47. The summed E-state index contributed by atoms with van der Waals surface area (Å²) in [7, 11) is -2.86. The van der Waals surface area contributed by atoms with Crippen molar-refractivity contribution in [3.8, 4) is 0 Å². The predicted octanol–water partition coefficient (Wildman–Crippen LogP) is 2.28. The van der Waals surface area contributed by atoms with Gasteiger partial charge in [-0.3, -0.25) is 13.8 Å². The molecule has 4 aliphatic rings. The van der Waals surface area contributed by atoms with Crippen molar-refractivity contribution in [2.75, 3.05) is 20.0 Å². The number of hydrogen-bond acceptors (Lipinski definition) is 9. The van der Waals surface area contributed by atoms with E-state index in [4.69, 9.17) is 8.92 Å². The molecule has 0 spiro atoms. The number of aliphatic hydroxyl groups excluding tert-OH is 1. The largest absolute Gasteiger partial charge is 0.509 e. The molecule has 0 aromatic rings. The Kier molecular flexibility index (Phi) is 6.29. The molecule has 3 saturated carbocycles. The second-order valence-corrected chi connectivity index (χ2v) is 12.3. The minimum absolute atomic E-state index is 0.0437. The summed E-state index contributed by atoms with van der Waals surface area (Å²) in [6.45, 7) is 2.69. The molecule has 9 nitrogen and oxygen atoms in total. The molecule has 1 unspecified atom stereocenters. The third kappa shape index (κ3) is 3.95. The number of methoxy groups -OCH3 is 1. The fraction of sp³-hybridized carbons (Fsp3) is 0.708. The highest BCUT2D eigenvalue weighted by molar-refractivity contribution is 7.86. The quantitative estimate of drug-likeness (QED) is 0.433. The van der Waals surface area contributed by atoms with Crippen molar-refractivity contribution in [2.24, 2.45) is 28.6 Å². The summed E-state index contributed by atoms with van der Waals surface area (Å²) in [5.41, 5.74) is -3.48. The second kappa shape index (κ2) is 8.48. The molecule has 0 aromatic carbocycles. The zero-order valence-electron chi connectivity index (χ0n) is 20.2. The van der Waals surface area contributed by atoms with E-state index in [0.29, 0.717) is 12.0 Å². The molecule has 4 aliphatic carbocycles. The summed E-state index contributed by atoms with van der Waals surface area (Å²) in [5, 5.41) is 11.5. The van der Waals surface area contributed by atoms with Gasteiger partial charge in [0.05, 0.1) is 19.5 Å². The molecule has 4 rings (SSSR count). The van der Waals surface area contributed by atoms with Crippen LogP contribution in [0.4, 0.5) is 9.18 Å². The van der Waals surface area contributed by atoms with Gasteiger partial charge in [-0.15, -0.1) is 0 Å². The van der Waals surface area contributed by atoms with E-state index in [1.165, 1.54) is 12.2 Å². The Balaban J connectivity index is 1.76. The number of allylic oxidation sites excluding steroid dienone is 4. The molecule has 0 aliphatic heterocycles. The molecule has 0 heterocycles. The van der Waals surface area contributed by atoms with Crippen molar-refractivity contribution in [1.29, 1.82) is 0 Å². The van der Waals surface area contributed by atoms with Crippen LogP contribution in [0.2, 0.25) is 0 Å². The zero-order chi connectivity index (χ0) is 26.0. The highest BCUT2D eigenvalue weighted by atomic mass is 32.2. The van der Waals surface area contributed by atoms with Gasteiger partial charge in [-0.1, -0.05) is 19.9 Å². The lowest BCUT2D eigenvalue weighted by Crippen LogP contribution is -2.64. The normalized spacial score (nSPS) is 42.4. The number of Topliss-reactive ketones (excluding diaryl/α,β-unsaturated/α-hetero) is 1. The number of ether oxygens (including phenoxy) is 2. The molecule has 3 fully saturated rings. The zero-order valence-corrected chi connectivity index (χ0v) is 21.0. The van der Waals surface area contributed by atoms with Gasteiger partial charge in [0, 0.05) is 16.7 Å². The van der Waals surface area contributed by atoms with Gasteiger partial charge in [0.2, 0.25) is 5.78 Å². The number of rotatable bonds is 5. The number of alkyl halides is 1. The van der Waals surface area contributed by atoms with E-state index < -0.39 is 63.3 Å². The lowest BCUT2D eigenvalue weighted by atomic mass is 9.46. The monoisotopic (exact) mass is 514 g/mol. The first-order valence-corrected chi connectivity index (χ1v) is 13.4. The van der Waals surface area contributed by atoms with Crippen LogP contribution in [0.25, 0.3) is 0 Å². The Bertz CT molecular complexity index is 1110. The standard InChI is InChI=1S/C24H31FO9S/c1-22-7-5-13(26)9-16(22)17(25)10-14-15-6-8-24(34-21(29)32-3,19(28)12-33-35(4,30)31)23(15,2)11-18(27)20(14)22/h5,7,9,14-15,17-18,20,27H,6,8,10-12H2,1-4H3/t14-,15-,17-,18?,20+,22-,23-,24-/m0/s1. The van der Waals surface area contributed by atoms with E-state index >= 15 is 4.39 Å². The van der Waals surface area contributed by atoms with Crippen LogP contribution in [-0.4, -0.2) is 69.1 Å². The molecular formula is C24H31FO9S. The van der Waals surface area contributed by atoms with E-state index in [1.807, 2.05) is 6.92 Å². The summed E-state index contributed by atoms with van der Waals surface area (Å²) in [5.74, 6) is -2.18. The van der Waals surface area contributed by atoms with Gasteiger partial charge >= 0.3 is 6.16 Å². The van der Waals surface area contributed by atoms with Crippen molar-refractivity contribution in [1.82, 2.24) is 0 Å². The number of fused-ring (bicyclic) bond motifs is 5. The molecular weight excluding hydrogens is 483 g/mol. The van der Waals surface area contributed by atoms with Gasteiger partial charge < -0.3 is 14.6 Å². The summed E-state index contributed by atoms with van der Waals surface area (Å²) in [6, 6.07) is 0. The molecule has 0 amide bonds. The Morgan fingerprint density at radius 3 is 2.60 bits per heavy atom. The highest BCUT2D eigenvalue weighted by Crippen LogP contribution is 2.68. The summed E-state index contributed by atoms with van der Waals surface area (Å²) >= 11 is 0. The maximum absolute atomic E-state index is 15.5. The number of ketones is 2. The number of halogens is 1. The molecule has 0 aromatic heterocycles. The van der Waals surface area contributed by atoms with E-state index in [2.05, 4.69) is 4.74 Å². The molecule has 11 heteroatoms. The van der Waals surface area contributed by atoms with E-state index in [9.17, 15) is 27.9 Å². The van der Waals surface area contributed by atoms with Crippen LogP contribution in [0.5, 0.6) is 0 Å². The van der Waals surface area contributed by atoms with Crippen LogP contribution in [0.15, 0.2) is 23.8 Å². The average molecular weight is 515 g/mol. The minimum atomic E-state index is -3.95. The molecule has 8 atom stereocenters. The summed E-state index contributed by atoms with van der Waals surface area (Å²) < 4.78 is 53.6. The van der Waals surface area contributed by atoms with Crippen molar-refractivity contribution < 1.29 is 46.0 Å². The number of aliphatic hydroxyl groups is 1. The number of carbonyl (C=O) groups is 3. The van der Waals surface area contributed by atoms with Gasteiger partial charge in [-0.05, 0) is 55.2 Å². The molecule has 0 radical (unpaired) electrons. The first-order chi connectivity index (χ1) is 16.2. The lowest BCUT2D eigenvalue weighted by molar-refractivity contribution is -0.184. The van der Waals surface area contributed by atoms with Crippen molar-refractivity contribution >= 4 is 27.8 Å². The van der Waals surface area contributed by atoms with Crippen molar-refractivity contribution in [3.63, 3.8) is 0 Å². The summed E-state index contributed by atoms with van der Waals surface area (Å²) in [6.07, 6.45) is 2.17. The van der Waals surface area contributed by atoms with Gasteiger partial charge in [-0.2, -0.15) is 8.42 Å². The van der Waals surface area contributed by atoms with Gasteiger partial charge in [0.15, 0.2) is 11.4 Å². The smallest absolute Gasteiger partial charge is 0.438 e. The maximum atomic E-state index is 15.5. The molecule has 1 N–H and O–H groups in total. The van der Waals surface area contributed by atoms with Crippen LogP contribution >= 0.6 is 0 Å². The van der Waals surface area contributed by atoms with Crippen molar-refractivity contribution in [3.05, 3.63) is 23.8 Å². The third-order valence-corrected chi connectivity index (χ3v) is 9.42. The molecule has 35 heavy (non-hydrogen) atoms. The Morgan fingerprint density at radius 2 is 1.97 bits per heavy atom.